The molecule has 21 heavy (non-hydrogen) atoms. The molecule has 0 aliphatic carbocycles. The number of aryl methyl sites for hydroxylation is 2. The summed E-state index contributed by atoms with van der Waals surface area (Å²) < 4.78 is 1.94. The zero-order valence-electron chi connectivity index (χ0n) is 12.6. The van der Waals surface area contributed by atoms with Crippen LogP contribution in [0.1, 0.15) is 36.1 Å². The Bertz CT molecular complexity index is 688. The molecule has 1 aliphatic heterocycles. The number of nitrogens with one attached hydrogen (secondary N) is 1. The Morgan fingerprint density at radius 1 is 1.43 bits per heavy atom. The maximum atomic E-state index is 12.2. The van der Waals surface area contributed by atoms with Crippen LogP contribution in [0.15, 0.2) is 17.3 Å². The molecule has 0 radical (unpaired) electrons. The molecule has 112 valence electrons. The highest BCUT2D eigenvalue weighted by Crippen LogP contribution is 2.16. The summed E-state index contributed by atoms with van der Waals surface area (Å²) >= 11 is 0. The molecule has 1 aliphatic rings. The third-order valence-corrected chi connectivity index (χ3v) is 3.83. The molecule has 2 aromatic rings. The summed E-state index contributed by atoms with van der Waals surface area (Å²) in [4.78, 5) is 26.3. The third-order valence-electron chi connectivity index (χ3n) is 3.83. The molecule has 0 atom stereocenters. The minimum absolute atomic E-state index is 0.0224. The quantitative estimate of drug-likeness (QED) is 0.911. The van der Waals surface area contributed by atoms with Crippen LogP contribution in [0.2, 0.25) is 0 Å². The Morgan fingerprint density at radius 3 is 3.00 bits per heavy atom. The molecule has 0 aromatic carbocycles. The molecule has 0 saturated carbocycles. The topological polar surface area (TPSA) is 66.8 Å². The molecule has 0 unspecified atom stereocenters. The van der Waals surface area contributed by atoms with Gasteiger partial charge >= 0.3 is 0 Å². The molecule has 1 N–H and O–H groups in total. The minimum atomic E-state index is 0.0224. The number of H-pyrrole nitrogens is 1. The van der Waals surface area contributed by atoms with Gasteiger partial charge in [0.15, 0.2) is 0 Å². The summed E-state index contributed by atoms with van der Waals surface area (Å²) in [5.74, 6) is 0.819. The fourth-order valence-corrected chi connectivity index (χ4v) is 2.80. The molecule has 0 saturated heterocycles. The van der Waals surface area contributed by atoms with Crippen molar-refractivity contribution >= 4 is 0 Å². The number of hydrogen-bond donors (Lipinski definition) is 1. The van der Waals surface area contributed by atoms with Crippen LogP contribution in [0.25, 0.3) is 0 Å². The molecule has 0 spiro atoms. The van der Waals surface area contributed by atoms with Gasteiger partial charge in [0, 0.05) is 45.7 Å². The van der Waals surface area contributed by atoms with E-state index in [2.05, 4.69) is 26.8 Å². The molecule has 0 bridgehead atoms. The second kappa shape index (κ2) is 5.81. The van der Waals surface area contributed by atoms with Crippen molar-refractivity contribution < 1.29 is 0 Å². The summed E-state index contributed by atoms with van der Waals surface area (Å²) in [6.45, 7) is 4.44. The number of nitrogens with zero attached hydrogens (tertiary/aromatic N) is 4. The first-order valence-electron chi connectivity index (χ1n) is 7.46. The molecular weight excluding hydrogens is 266 g/mol. The number of fused-ring (bicyclic) bond motifs is 1. The Balaban J connectivity index is 1.77. The van der Waals surface area contributed by atoms with E-state index in [9.17, 15) is 4.79 Å². The standard InChI is InChI=1S/C15H21N5O/c1-3-4-14-17-13-5-6-20(9-12(13)15(21)18-14)8-11-7-19(2)10-16-11/h7,10H,3-6,8-9H2,1-2H3,(H,17,18,21). The van der Waals surface area contributed by atoms with E-state index in [-0.39, 0.29) is 5.56 Å². The van der Waals surface area contributed by atoms with E-state index in [1.165, 1.54) is 0 Å². The number of rotatable bonds is 4. The number of aromatic nitrogens is 4. The van der Waals surface area contributed by atoms with Gasteiger partial charge in [-0.05, 0) is 6.42 Å². The Labute approximate surface area is 123 Å². The summed E-state index contributed by atoms with van der Waals surface area (Å²) in [5.41, 5.74) is 2.85. The molecule has 2 aromatic heterocycles. The normalized spacial score (nSPS) is 15.1. The van der Waals surface area contributed by atoms with Crippen LogP contribution in [0.3, 0.4) is 0 Å². The Morgan fingerprint density at radius 2 is 2.29 bits per heavy atom. The maximum Gasteiger partial charge on any atom is 0.255 e. The highest BCUT2D eigenvalue weighted by molar-refractivity contribution is 5.21. The number of hydrogen-bond acceptors (Lipinski definition) is 4. The number of aromatic amines is 1. The van der Waals surface area contributed by atoms with Crippen molar-refractivity contribution in [3.05, 3.63) is 45.7 Å². The zero-order chi connectivity index (χ0) is 14.8. The third kappa shape index (κ3) is 3.05. The molecule has 3 heterocycles. The van der Waals surface area contributed by atoms with Crippen molar-refractivity contribution in [3.63, 3.8) is 0 Å². The first kappa shape index (κ1) is 14.0. The van der Waals surface area contributed by atoms with Crippen molar-refractivity contribution in [2.24, 2.45) is 7.05 Å². The lowest BCUT2D eigenvalue weighted by atomic mass is 10.1. The smallest absolute Gasteiger partial charge is 0.255 e. The van der Waals surface area contributed by atoms with E-state index in [1.54, 1.807) is 6.33 Å². The van der Waals surface area contributed by atoms with Crippen LogP contribution < -0.4 is 5.56 Å². The van der Waals surface area contributed by atoms with Crippen LogP contribution >= 0.6 is 0 Å². The van der Waals surface area contributed by atoms with E-state index in [4.69, 9.17) is 0 Å². The highest BCUT2D eigenvalue weighted by atomic mass is 16.1. The van der Waals surface area contributed by atoms with E-state index >= 15 is 0 Å². The van der Waals surface area contributed by atoms with Crippen molar-refractivity contribution in [2.75, 3.05) is 6.54 Å². The van der Waals surface area contributed by atoms with Crippen LogP contribution in [0.4, 0.5) is 0 Å². The second-order valence-corrected chi connectivity index (χ2v) is 5.68. The van der Waals surface area contributed by atoms with Gasteiger partial charge in [0.05, 0.1) is 23.3 Å². The van der Waals surface area contributed by atoms with E-state index in [0.29, 0.717) is 6.54 Å². The van der Waals surface area contributed by atoms with Gasteiger partial charge in [-0.15, -0.1) is 0 Å². The zero-order valence-corrected chi connectivity index (χ0v) is 12.6. The second-order valence-electron chi connectivity index (χ2n) is 5.68. The molecule has 3 rings (SSSR count). The average molecular weight is 287 g/mol. The van der Waals surface area contributed by atoms with Gasteiger partial charge in [-0.1, -0.05) is 6.92 Å². The van der Waals surface area contributed by atoms with E-state index < -0.39 is 0 Å². The van der Waals surface area contributed by atoms with Gasteiger partial charge in [0.1, 0.15) is 5.82 Å². The van der Waals surface area contributed by atoms with Crippen molar-refractivity contribution in [1.29, 1.82) is 0 Å². The lowest BCUT2D eigenvalue weighted by Crippen LogP contribution is -2.35. The Hall–Kier alpha value is -1.95. The summed E-state index contributed by atoms with van der Waals surface area (Å²) in [6.07, 6.45) is 6.48. The highest BCUT2D eigenvalue weighted by Gasteiger charge is 2.21. The van der Waals surface area contributed by atoms with Crippen LogP contribution in [0.5, 0.6) is 0 Å². The van der Waals surface area contributed by atoms with Gasteiger partial charge in [-0.2, -0.15) is 0 Å². The van der Waals surface area contributed by atoms with Gasteiger partial charge in [-0.3, -0.25) is 9.69 Å². The van der Waals surface area contributed by atoms with Crippen molar-refractivity contribution in [2.45, 2.75) is 39.3 Å². The molecule has 0 amide bonds. The van der Waals surface area contributed by atoms with Crippen molar-refractivity contribution in [1.82, 2.24) is 24.4 Å². The fourth-order valence-electron chi connectivity index (χ4n) is 2.80. The van der Waals surface area contributed by atoms with E-state index in [1.807, 2.05) is 17.8 Å². The largest absolute Gasteiger partial charge is 0.340 e. The van der Waals surface area contributed by atoms with E-state index in [0.717, 1.165) is 55.1 Å². The minimum Gasteiger partial charge on any atom is -0.340 e. The SMILES string of the molecule is CCCc1nc2c(c(=O)[nH]1)CN(Cc1cn(C)cn1)CC2. The van der Waals surface area contributed by atoms with Gasteiger partial charge in [0.25, 0.3) is 5.56 Å². The van der Waals surface area contributed by atoms with Crippen LogP contribution in [-0.4, -0.2) is 31.0 Å². The van der Waals surface area contributed by atoms with Gasteiger partial charge in [-0.25, -0.2) is 9.97 Å². The van der Waals surface area contributed by atoms with Gasteiger partial charge < -0.3 is 9.55 Å². The fraction of sp³-hybridized carbons (Fsp3) is 0.533. The summed E-state index contributed by atoms with van der Waals surface area (Å²) in [7, 11) is 1.96. The van der Waals surface area contributed by atoms with Crippen LogP contribution in [-0.2, 0) is 33.0 Å². The van der Waals surface area contributed by atoms with Gasteiger partial charge in [0.2, 0.25) is 0 Å². The monoisotopic (exact) mass is 287 g/mol. The number of imidazole rings is 1. The Kier molecular flexibility index (Phi) is 3.88. The predicted octanol–water partition coefficient (Wildman–Crippen LogP) is 1.01. The molecule has 6 nitrogen and oxygen atoms in total. The molecule has 6 heteroatoms. The lowest BCUT2D eigenvalue weighted by Gasteiger charge is -2.27. The predicted molar refractivity (Wildman–Crippen MR) is 79.9 cm³/mol. The molecule has 0 fully saturated rings. The lowest BCUT2D eigenvalue weighted by molar-refractivity contribution is 0.239. The molecular formula is C15H21N5O. The summed E-state index contributed by atoms with van der Waals surface area (Å²) in [6, 6.07) is 0. The van der Waals surface area contributed by atoms with Crippen molar-refractivity contribution in [3.8, 4) is 0 Å². The summed E-state index contributed by atoms with van der Waals surface area (Å²) in [5, 5.41) is 0. The maximum absolute atomic E-state index is 12.2. The first-order chi connectivity index (χ1) is 10.2. The van der Waals surface area contributed by atoms with Crippen LogP contribution in [0, 0.1) is 0 Å². The first-order valence-corrected chi connectivity index (χ1v) is 7.46. The average Bonchev–Trinajstić information content (AvgIpc) is 2.85.